The Morgan fingerprint density at radius 2 is 2.21 bits per heavy atom. The molecule has 0 aromatic heterocycles. The molecule has 3 nitrogen and oxygen atoms in total. The molecule has 1 aliphatic rings. The average molecular weight is 299 g/mol. The van der Waals surface area contributed by atoms with Crippen LogP contribution in [0.15, 0.2) is 24.3 Å². The average Bonchev–Trinajstić information content (AvgIpc) is 2.86. The van der Waals surface area contributed by atoms with Crippen LogP contribution in [0.3, 0.4) is 0 Å². The number of thioether (sulfide) groups is 1. The fourth-order valence-electron chi connectivity index (χ4n) is 2.42. The number of carbonyl (C=O) groups is 1. The summed E-state index contributed by atoms with van der Waals surface area (Å²) < 4.78 is 0. The van der Waals surface area contributed by atoms with E-state index in [2.05, 4.69) is 16.9 Å². The fourth-order valence-corrected chi connectivity index (χ4v) is 3.57. The van der Waals surface area contributed by atoms with E-state index in [4.69, 9.17) is 11.6 Å². The standard InChI is InChI=1S/C14H19ClN2OS/c1-19-13-8-4-7-12(13)16-9-14(18)17-11-6-3-2-5-10(11)15/h2-3,5-6,12-13,16H,4,7-9H2,1H3,(H,17,18). The quantitative estimate of drug-likeness (QED) is 0.877. The van der Waals surface area contributed by atoms with Gasteiger partial charge in [0.1, 0.15) is 0 Å². The zero-order valence-electron chi connectivity index (χ0n) is 11.0. The summed E-state index contributed by atoms with van der Waals surface area (Å²) in [4.78, 5) is 11.9. The van der Waals surface area contributed by atoms with Crippen LogP contribution >= 0.6 is 23.4 Å². The van der Waals surface area contributed by atoms with Crippen LogP contribution in [0, 0.1) is 0 Å². The summed E-state index contributed by atoms with van der Waals surface area (Å²) in [7, 11) is 0. The molecule has 2 N–H and O–H groups in total. The van der Waals surface area contributed by atoms with Crippen molar-refractivity contribution in [2.45, 2.75) is 30.6 Å². The van der Waals surface area contributed by atoms with Crippen LogP contribution in [0.2, 0.25) is 5.02 Å². The van der Waals surface area contributed by atoms with E-state index >= 15 is 0 Å². The third-order valence-electron chi connectivity index (χ3n) is 3.43. The predicted molar refractivity (Wildman–Crippen MR) is 83.0 cm³/mol. The van der Waals surface area contributed by atoms with Gasteiger partial charge in [0.05, 0.1) is 17.3 Å². The van der Waals surface area contributed by atoms with Gasteiger partial charge in [0.25, 0.3) is 0 Å². The molecule has 0 heterocycles. The summed E-state index contributed by atoms with van der Waals surface area (Å²) in [5, 5.41) is 7.37. The minimum atomic E-state index is -0.0418. The summed E-state index contributed by atoms with van der Waals surface area (Å²) in [5.41, 5.74) is 0.670. The van der Waals surface area contributed by atoms with Gasteiger partial charge in [-0.1, -0.05) is 30.2 Å². The number of halogens is 1. The topological polar surface area (TPSA) is 41.1 Å². The molecule has 1 amide bonds. The molecule has 0 bridgehead atoms. The summed E-state index contributed by atoms with van der Waals surface area (Å²) >= 11 is 7.89. The molecule has 2 unspecified atom stereocenters. The van der Waals surface area contributed by atoms with E-state index in [1.807, 2.05) is 23.9 Å². The van der Waals surface area contributed by atoms with Crippen LogP contribution in [0.1, 0.15) is 19.3 Å². The van der Waals surface area contributed by atoms with Gasteiger partial charge < -0.3 is 10.6 Å². The van der Waals surface area contributed by atoms with E-state index < -0.39 is 0 Å². The Kier molecular flexibility index (Phi) is 5.55. The zero-order valence-corrected chi connectivity index (χ0v) is 12.6. The van der Waals surface area contributed by atoms with Gasteiger partial charge in [0.15, 0.2) is 0 Å². The minimum Gasteiger partial charge on any atom is -0.324 e. The number of nitrogens with one attached hydrogen (secondary N) is 2. The Balaban J connectivity index is 1.80. The van der Waals surface area contributed by atoms with E-state index in [-0.39, 0.29) is 5.91 Å². The molecule has 0 saturated heterocycles. The van der Waals surface area contributed by atoms with Crippen LogP contribution in [0.4, 0.5) is 5.69 Å². The molecule has 5 heteroatoms. The van der Waals surface area contributed by atoms with E-state index in [1.54, 1.807) is 12.1 Å². The lowest BCUT2D eigenvalue weighted by atomic mass is 10.2. The maximum absolute atomic E-state index is 11.9. The number of para-hydroxylation sites is 1. The fraction of sp³-hybridized carbons (Fsp3) is 0.500. The summed E-state index contributed by atoms with van der Waals surface area (Å²) in [6, 6.07) is 7.73. The van der Waals surface area contributed by atoms with Crippen LogP contribution < -0.4 is 10.6 Å². The molecule has 104 valence electrons. The molecule has 2 atom stereocenters. The summed E-state index contributed by atoms with van der Waals surface area (Å²) in [6.45, 7) is 0.340. The Morgan fingerprint density at radius 1 is 1.42 bits per heavy atom. The summed E-state index contributed by atoms with van der Waals surface area (Å²) in [6.07, 6.45) is 5.78. The molecule has 1 aromatic carbocycles. The monoisotopic (exact) mass is 298 g/mol. The van der Waals surface area contributed by atoms with Gasteiger partial charge in [-0.05, 0) is 31.2 Å². The minimum absolute atomic E-state index is 0.0418. The first-order chi connectivity index (χ1) is 9.20. The lowest BCUT2D eigenvalue weighted by Gasteiger charge is -2.19. The van der Waals surface area contributed by atoms with E-state index in [1.165, 1.54) is 12.8 Å². The first kappa shape index (κ1) is 14.7. The first-order valence-corrected chi connectivity index (χ1v) is 8.18. The summed E-state index contributed by atoms with van der Waals surface area (Å²) in [5.74, 6) is -0.0418. The second-order valence-corrected chi connectivity index (χ2v) is 6.20. The number of hydrogen-bond donors (Lipinski definition) is 2. The van der Waals surface area contributed by atoms with Crippen LogP contribution in [-0.2, 0) is 4.79 Å². The van der Waals surface area contributed by atoms with Gasteiger partial charge >= 0.3 is 0 Å². The van der Waals surface area contributed by atoms with Crippen molar-refractivity contribution in [3.63, 3.8) is 0 Å². The first-order valence-electron chi connectivity index (χ1n) is 6.51. The van der Waals surface area contributed by atoms with Gasteiger partial charge in [0, 0.05) is 11.3 Å². The second-order valence-electron chi connectivity index (χ2n) is 4.72. The third kappa shape index (κ3) is 4.13. The van der Waals surface area contributed by atoms with Crippen molar-refractivity contribution in [3.8, 4) is 0 Å². The molecule has 19 heavy (non-hydrogen) atoms. The number of hydrogen-bond acceptors (Lipinski definition) is 3. The largest absolute Gasteiger partial charge is 0.324 e. The SMILES string of the molecule is CSC1CCCC1NCC(=O)Nc1ccccc1Cl. The van der Waals surface area contributed by atoms with E-state index in [0.29, 0.717) is 28.5 Å². The Labute approximate surface area is 123 Å². The third-order valence-corrected chi connectivity index (χ3v) is 4.93. The van der Waals surface area contributed by atoms with Crippen molar-refractivity contribution in [2.24, 2.45) is 0 Å². The lowest BCUT2D eigenvalue weighted by Crippen LogP contribution is -2.39. The maximum atomic E-state index is 11.9. The van der Waals surface area contributed by atoms with Crippen LogP contribution in [0.5, 0.6) is 0 Å². The van der Waals surface area contributed by atoms with Crippen molar-refractivity contribution in [3.05, 3.63) is 29.3 Å². The van der Waals surface area contributed by atoms with Gasteiger partial charge in [0.2, 0.25) is 5.91 Å². The predicted octanol–water partition coefficient (Wildman–Crippen LogP) is 3.15. The van der Waals surface area contributed by atoms with E-state index in [0.717, 1.165) is 6.42 Å². The maximum Gasteiger partial charge on any atom is 0.238 e. The Hall–Kier alpha value is -0.710. The van der Waals surface area contributed by atoms with Crippen molar-refractivity contribution < 1.29 is 4.79 Å². The molecule has 2 rings (SSSR count). The van der Waals surface area contributed by atoms with Gasteiger partial charge in [-0.2, -0.15) is 11.8 Å². The highest BCUT2D eigenvalue weighted by Crippen LogP contribution is 2.28. The van der Waals surface area contributed by atoms with Crippen LogP contribution in [0.25, 0.3) is 0 Å². The van der Waals surface area contributed by atoms with Gasteiger partial charge in [-0.3, -0.25) is 4.79 Å². The van der Waals surface area contributed by atoms with Gasteiger partial charge in [-0.15, -0.1) is 0 Å². The highest BCUT2D eigenvalue weighted by molar-refractivity contribution is 7.99. The molecular formula is C14H19ClN2OS. The smallest absolute Gasteiger partial charge is 0.238 e. The number of benzene rings is 1. The molecule has 1 fully saturated rings. The highest BCUT2D eigenvalue weighted by Gasteiger charge is 2.26. The van der Waals surface area contributed by atoms with Crippen LogP contribution in [-0.4, -0.2) is 30.0 Å². The number of anilines is 1. The van der Waals surface area contributed by atoms with Crippen molar-refractivity contribution in [1.29, 1.82) is 0 Å². The Bertz CT molecular complexity index is 441. The number of carbonyl (C=O) groups excluding carboxylic acids is 1. The molecule has 1 aromatic rings. The molecule has 1 aliphatic carbocycles. The molecule has 0 radical (unpaired) electrons. The normalized spacial score (nSPS) is 22.4. The molecular weight excluding hydrogens is 280 g/mol. The zero-order chi connectivity index (χ0) is 13.7. The molecule has 0 spiro atoms. The van der Waals surface area contributed by atoms with Crippen molar-refractivity contribution in [1.82, 2.24) is 5.32 Å². The van der Waals surface area contributed by atoms with Crippen molar-refractivity contribution >= 4 is 35.0 Å². The van der Waals surface area contributed by atoms with E-state index in [9.17, 15) is 4.79 Å². The number of amides is 1. The Morgan fingerprint density at radius 3 is 2.95 bits per heavy atom. The number of rotatable bonds is 5. The highest BCUT2D eigenvalue weighted by atomic mass is 35.5. The second kappa shape index (κ2) is 7.17. The van der Waals surface area contributed by atoms with Gasteiger partial charge in [-0.25, -0.2) is 0 Å². The molecule has 1 saturated carbocycles. The molecule has 0 aliphatic heterocycles. The van der Waals surface area contributed by atoms with Crippen molar-refractivity contribution in [2.75, 3.05) is 18.1 Å². The lowest BCUT2D eigenvalue weighted by molar-refractivity contribution is -0.115.